The van der Waals surface area contributed by atoms with Gasteiger partial charge < -0.3 is 5.32 Å². The van der Waals surface area contributed by atoms with Crippen molar-refractivity contribution < 1.29 is 0 Å². The molecule has 3 heteroatoms. The Morgan fingerprint density at radius 1 is 1.04 bits per heavy atom. The molecule has 0 fully saturated rings. The van der Waals surface area contributed by atoms with Gasteiger partial charge in [0.2, 0.25) is 5.95 Å². The fourth-order valence-electron chi connectivity index (χ4n) is 3.07. The third-order valence-electron chi connectivity index (χ3n) is 4.39. The second-order valence-corrected chi connectivity index (χ2v) is 6.19. The van der Waals surface area contributed by atoms with Crippen LogP contribution in [0, 0.1) is 13.8 Å². The van der Waals surface area contributed by atoms with E-state index in [1.54, 1.807) is 0 Å². The molecule has 0 spiro atoms. The van der Waals surface area contributed by atoms with Gasteiger partial charge in [0.25, 0.3) is 0 Å². The van der Waals surface area contributed by atoms with Gasteiger partial charge in [0, 0.05) is 17.4 Å². The minimum absolute atomic E-state index is 0.626. The summed E-state index contributed by atoms with van der Waals surface area (Å²) < 4.78 is 0. The lowest BCUT2D eigenvalue weighted by molar-refractivity contribution is 1.16. The summed E-state index contributed by atoms with van der Waals surface area (Å²) in [4.78, 5) is 9.11. The van der Waals surface area contributed by atoms with Crippen molar-refractivity contribution in [3.8, 4) is 11.3 Å². The standard InChI is InChI=1S/C21H19N3/c1-14-9-10-15(2)20(13-14)24-21-22-12-11-19(23-21)18-8-4-6-16-5-3-7-17(16)18/h3-4,6-13H,5H2,1-2H3,(H,22,23,24). The van der Waals surface area contributed by atoms with Crippen molar-refractivity contribution in [2.24, 2.45) is 0 Å². The first kappa shape index (κ1) is 14.6. The van der Waals surface area contributed by atoms with Crippen molar-refractivity contribution in [1.82, 2.24) is 9.97 Å². The van der Waals surface area contributed by atoms with E-state index in [1.165, 1.54) is 22.3 Å². The first-order valence-electron chi connectivity index (χ1n) is 8.17. The SMILES string of the molecule is Cc1ccc(C)c(Nc2nccc(-c3cccc4c3C=CC4)n2)c1. The summed E-state index contributed by atoms with van der Waals surface area (Å²) in [6.45, 7) is 4.17. The first-order valence-corrected chi connectivity index (χ1v) is 8.17. The monoisotopic (exact) mass is 313 g/mol. The average molecular weight is 313 g/mol. The smallest absolute Gasteiger partial charge is 0.227 e. The Hall–Kier alpha value is -2.94. The zero-order valence-electron chi connectivity index (χ0n) is 13.9. The summed E-state index contributed by atoms with van der Waals surface area (Å²) in [5.74, 6) is 0.626. The molecule has 3 nitrogen and oxygen atoms in total. The number of aryl methyl sites for hydroxylation is 2. The van der Waals surface area contributed by atoms with Gasteiger partial charge in [-0.15, -0.1) is 0 Å². The highest BCUT2D eigenvalue weighted by Crippen LogP contribution is 2.30. The molecule has 0 bridgehead atoms. The van der Waals surface area contributed by atoms with Crippen LogP contribution in [0.2, 0.25) is 0 Å². The average Bonchev–Trinajstić information content (AvgIpc) is 3.07. The van der Waals surface area contributed by atoms with Gasteiger partial charge in [0.05, 0.1) is 5.69 Å². The zero-order valence-corrected chi connectivity index (χ0v) is 13.9. The van der Waals surface area contributed by atoms with E-state index in [0.29, 0.717) is 5.95 Å². The van der Waals surface area contributed by atoms with Crippen LogP contribution in [0.4, 0.5) is 11.6 Å². The van der Waals surface area contributed by atoms with Crippen LogP contribution in [0.1, 0.15) is 22.3 Å². The van der Waals surface area contributed by atoms with E-state index < -0.39 is 0 Å². The highest BCUT2D eigenvalue weighted by molar-refractivity contribution is 5.78. The van der Waals surface area contributed by atoms with Crippen LogP contribution in [0.3, 0.4) is 0 Å². The lowest BCUT2D eigenvalue weighted by Gasteiger charge is -2.11. The van der Waals surface area contributed by atoms with Crippen LogP contribution in [0.5, 0.6) is 0 Å². The number of nitrogens with one attached hydrogen (secondary N) is 1. The van der Waals surface area contributed by atoms with Crippen molar-refractivity contribution in [1.29, 1.82) is 0 Å². The number of hydrogen-bond donors (Lipinski definition) is 1. The molecule has 0 atom stereocenters. The predicted molar refractivity (Wildman–Crippen MR) is 99.4 cm³/mol. The molecular weight excluding hydrogens is 294 g/mol. The van der Waals surface area contributed by atoms with Gasteiger partial charge in [-0.2, -0.15) is 0 Å². The molecule has 0 unspecified atom stereocenters. The van der Waals surface area contributed by atoms with E-state index >= 15 is 0 Å². The molecule has 0 saturated carbocycles. The Morgan fingerprint density at radius 3 is 2.88 bits per heavy atom. The molecule has 0 aliphatic heterocycles. The molecule has 1 N–H and O–H groups in total. The molecule has 2 aromatic carbocycles. The van der Waals surface area contributed by atoms with Crippen LogP contribution in [-0.4, -0.2) is 9.97 Å². The number of allylic oxidation sites excluding steroid dienone is 1. The lowest BCUT2D eigenvalue weighted by Crippen LogP contribution is -2.00. The number of anilines is 2. The van der Waals surface area contributed by atoms with Crippen molar-refractivity contribution in [2.45, 2.75) is 20.3 Å². The second kappa shape index (κ2) is 5.93. The largest absolute Gasteiger partial charge is 0.324 e. The van der Waals surface area contributed by atoms with Gasteiger partial charge in [-0.3, -0.25) is 0 Å². The van der Waals surface area contributed by atoms with E-state index in [4.69, 9.17) is 4.98 Å². The number of nitrogens with zero attached hydrogens (tertiary/aromatic N) is 2. The highest BCUT2D eigenvalue weighted by atomic mass is 15.1. The summed E-state index contributed by atoms with van der Waals surface area (Å²) in [5, 5.41) is 3.35. The van der Waals surface area contributed by atoms with Gasteiger partial charge in [-0.1, -0.05) is 42.5 Å². The molecule has 4 rings (SSSR count). The van der Waals surface area contributed by atoms with Crippen LogP contribution in [0.25, 0.3) is 17.3 Å². The van der Waals surface area contributed by atoms with Gasteiger partial charge in [-0.25, -0.2) is 9.97 Å². The molecule has 1 aliphatic rings. The third kappa shape index (κ3) is 2.69. The molecule has 3 aromatic rings. The molecular formula is C21H19N3. The lowest BCUT2D eigenvalue weighted by atomic mass is 10.0. The van der Waals surface area contributed by atoms with Crippen LogP contribution < -0.4 is 5.32 Å². The van der Waals surface area contributed by atoms with Crippen molar-refractivity contribution >= 4 is 17.7 Å². The minimum atomic E-state index is 0.626. The summed E-state index contributed by atoms with van der Waals surface area (Å²) in [7, 11) is 0. The van der Waals surface area contributed by atoms with Gasteiger partial charge in [0.1, 0.15) is 0 Å². The Kier molecular flexibility index (Phi) is 3.62. The summed E-state index contributed by atoms with van der Waals surface area (Å²) >= 11 is 0. The Balaban J connectivity index is 1.71. The normalized spacial score (nSPS) is 12.2. The van der Waals surface area contributed by atoms with Crippen LogP contribution >= 0.6 is 0 Å². The molecule has 0 saturated heterocycles. The fraction of sp³-hybridized carbons (Fsp3) is 0.143. The maximum atomic E-state index is 4.73. The highest BCUT2D eigenvalue weighted by Gasteiger charge is 2.12. The minimum Gasteiger partial charge on any atom is -0.324 e. The predicted octanol–water partition coefficient (Wildman–Crippen LogP) is 5.07. The molecule has 0 radical (unpaired) electrons. The van der Waals surface area contributed by atoms with Crippen LogP contribution in [-0.2, 0) is 6.42 Å². The molecule has 1 heterocycles. The summed E-state index contributed by atoms with van der Waals surface area (Å²) in [5.41, 5.74) is 8.17. The molecule has 24 heavy (non-hydrogen) atoms. The second-order valence-electron chi connectivity index (χ2n) is 6.19. The molecule has 1 aromatic heterocycles. The molecule has 1 aliphatic carbocycles. The number of benzene rings is 2. The van der Waals surface area contributed by atoms with Crippen molar-refractivity contribution in [3.05, 3.63) is 77.0 Å². The zero-order chi connectivity index (χ0) is 16.5. The Labute approximate surface area is 142 Å². The van der Waals surface area contributed by atoms with Gasteiger partial charge in [0.15, 0.2) is 0 Å². The topological polar surface area (TPSA) is 37.8 Å². The maximum Gasteiger partial charge on any atom is 0.227 e. The van der Waals surface area contributed by atoms with E-state index in [0.717, 1.165) is 23.4 Å². The molecule has 0 amide bonds. The van der Waals surface area contributed by atoms with Crippen molar-refractivity contribution in [2.75, 3.05) is 5.32 Å². The quantitative estimate of drug-likeness (QED) is 0.733. The summed E-state index contributed by atoms with van der Waals surface area (Å²) in [6, 6.07) is 14.7. The Bertz CT molecular complexity index is 942. The van der Waals surface area contributed by atoms with Crippen LogP contribution in [0.15, 0.2) is 54.7 Å². The first-order chi connectivity index (χ1) is 11.7. The van der Waals surface area contributed by atoms with Gasteiger partial charge >= 0.3 is 0 Å². The number of rotatable bonds is 3. The molecule has 118 valence electrons. The van der Waals surface area contributed by atoms with E-state index in [1.807, 2.05) is 12.3 Å². The number of aromatic nitrogens is 2. The van der Waals surface area contributed by atoms with E-state index in [-0.39, 0.29) is 0 Å². The maximum absolute atomic E-state index is 4.73. The van der Waals surface area contributed by atoms with E-state index in [2.05, 4.69) is 72.7 Å². The van der Waals surface area contributed by atoms with Crippen molar-refractivity contribution in [3.63, 3.8) is 0 Å². The summed E-state index contributed by atoms with van der Waals surface area (Å²) in [6.07, 6.45) is 7.20. The fourth-order valence-corrected chi connectivity index (χ4v) is 3.07. The van der Waals surface area contributed by atoms with E-state index in [9.17, 15) is 0 Å². The Morgan fingerprint density at radius 2 is 1.96 bits per heavy atom. The number of hydrogen-bond acceptors (Lipinski definition) is 3. The number of fused-ring (bicyclic) bond motifs is 1. The van der Waals surface area contributed by atoms with Gasteiger partial charge in [-0.05, 0) is 54.7 Å². The third-order valence-corrected chi connectivity index (χ3v) is 4.39.